The van der Waals surface area contributed by atoms with Crippen LogP contribution in [0.25, 0.3) is 0 Å². The highest BCUT2D eigenvalue weighted by molar-refractivity contribution is 6.30. The SMILES string of the molecule is COc1cc(C(=O)Nc2ccc(C(F)(F)F)cc2)cc(Cl)n1. The Morgan fingerprint density at radius 1 is 1.23 bits per heavy atom. The molecule has 22 heavy (non-hydrogen) atoms. The number of amides is 1. The van der Waals surface area contributed by atoms with Gasteiger partial charge in [-0.2, -0.15) is 13.2 Å². The summed E-state index contributed by atoms with van der Waals surface area (Å²) in [5.74, 6) is -0.382. The lowest BCUT2D eigenvalue weighted by Gasteiger charge is -2.09. The Kier molecular flexibility index (Phi) is 4.56. The summed E-state index contributed by atoms with van der Waals surface area (Å²) < 4.78 is 42.2. The number of halogens is 4. The molecular weight excluding hydrogens is 321 g/mol. The molecule has 116 valence electrons. The van der Waals surface area contributed by atoms with Gasteiger partial charge in [-0.1, -0.05) is 11.6 Å². The minimum absolute atomic E-state index is 0.0666. The molecule has 0 spiro atoms. The first-order valence-corrected chi connectivity index (χ1v) is 6.37. The zero-order chi connectivity index (χ0) is 16.3. The van der Waals surface area contributed by atoms with E-state index in [1.165, 1.54) is 31.4 Å². The van der Waals surface area contributed by atoms with Gasteiger partial charge in [0.15, 0.2) is 0 Å². The summed E-state index contributed by atoms with van der Waals surface area (Å²) in [6, 6.07) is 6.79. The number of methoxy groups -OCH3 is 1. The summed E-state index contributed by atoms with van der Waals surface area (Å²) >= 11 is 5.75. The average Bonchev–Trinajstić information content (AvgIpc) is 2.46. The summed E-state index contributed by atoms with van der Waals surface area (Å²) in [5, 5.41) is 2.53. The number of anilines is 1. The van der Waals surface area contributed by atoms with Gasteiger partial charge in [-0.3, -0.25) is 4.79 Å². The minimum Gasteiger partial charge on any atom is -0.481 e. The van der Waals surface area contributed by atoms with Gasteiger partial charge in [-0.15, -0.1) is 0 Å². The van der Waals surface area contributed by atoms with Crippen LogP contribution >= 0.6 is 11.6 Å². The van der Waals surface area contributed by atoms with Crippen LogP contribution in [0.3, 0.4) is 0 Å². The van der Waals surface area contributed by atoms with Crippen LogP contribution in [0.2, 0.25) is 5.15 Å². The fourth-order valence-electron chi connectivity index (χ4n) is 1.65. The third kappa shape index (κ3) is 3.88. The molecule has 0 saturated heterocycles. The van der Waals surface area contributed by atoms with E-state index < -0.39 is 17.6 Å². The quantitative estimate of drug-likeness (QED) is 0.865. The van der Waals surface area contributed by atoms with Gasteiger partial charge in [-0.05, 0) is 30.3 Å². The topological polar surface area (TPSA) is 51.2 Å². The number of benzene rings is 1. The number of nitrogens with one attached hydrogen (secondary N) is 1. The van der Waals surface area contributed by atoms with Crippen LogP contribution in [0.15, 0.2) is 36.4 Å². The molecule has 4 nitrogen and oxygen atoms in total. The van der Waals surface area contributed by atoms with Crippen LogP contribution in [0, 0.1) is 0 Å². The highest BCUT2D eigenvalue weighted by atomic mass is 35.5. The van der Waals surface area contributed by atoms with Crippen molar-refractivity contribution in [1.29, 1.82) is 0 Å². The average molecular weight is 331 g/mol. The number of hydrogen-bond donors (Lipinski definition) is 1. The summed E-state index contributed by atoms with van der Waals surface area (Å²) in [7, 11) is 1.37. The second-order valence-electron chi connectivity index (χ2n) is 4.25. The molecule has 8 heteroatoms. The number of alkyl halides is 3. The third-order valence-electron chi connectivity index (χ3n) is 2.71. The molecule has 0 aliphatic rings. The van der Waals surface area contributed by atoms with Gasteiger partial charge in [0, 0.05) is 17.3 Å². The number of nitrogens with zero attached hydrogens (tertiary/aromatic N) is 1. The number of aromatic nitrogens is 1. The van der Waals surface area contributed by atoms with Crippen LogP contribution in [-0.2, 0) is 6.18 Å². The molecule has 0 atom stereocenters. The second kappa shape index (κ2) is 6.23. The number of pyridine rings is 1. The van der Waals surface area contributed by atoms with Crippen molar-refractivity contribution in [3.05, 3.63) is 52.7 Å². The molecular formula is C14H10ClF3N2O2. The number of carbonyl (C=O) groups is 1. The van der Waals surface area contributed by atoms with Gasteiger partial charge in [-0.25, -0.2) is 4.98 Å². The Hall–Kier alpha value is -2.28. The number of rotatable bonds is 3. The molecule has 0 fully saturated rings. The summed E-state index contributed by atoms with van der Waals surface area (Å²) in [4.78, 5) is 15.9. The molecule has 1 amide bonds. The molecule has 1 heterocycles. The van der Waals surface area contributed by atoms with E-state index in [2.05, 4.69) is 10.3 Å². The first-order chi connectivity index (χ1) is 10.3. The van der Waals surface area contributed by atoms with Crippen molar-refractivity contribution >= 4 is 23.2 Å². The normalized spacial score (nSPS) is 11.1. The highest BCUT2D eigenvalue weighted by Crippen LogP contribution is 2.30. The van der Waals surface area contributed by atoms with Gasteiger partial charge in [0.2, 0.25) is 5.88 Å². The summed E-state index contributed by atoms with van der Waals surface area (Å²) in [5.41, 5.74) is -0.388. The maximum Gasteiger partial charge on any atom is 0.416 e. The zero-order valence-corrected chi connectivity index (χ0v) is 12.0. The second-order valence-corrected chi connectivity index (χ2v) is 4.64. The van der Waals surface area contributed by atoms with Crippen molar-refractivity contribution in [2.75, 3.05) is 12.4 Å². The lowest BCUT2D eigenvalue weighted by atomic mass is 10.2. The largest absolute Gasteiger partial charge is 0.481 e. The fourth-order valence-corrected chi connectivity index (χ4v) is 1.86. The highest BCUT2D eigenvalue weighted by Gasteiger charge is 2.30. The number of ether oxygens (including phenoxy) is 1. The van der Waals surface area contributed by atoms with Crippen LogP contribution in [0.5, 0.6) is 5.88 Å². The zero-order valence-electron chi connectivity index (χ0n) is 11.2. The van der Waals surface area contributed by atoms with Crippen molar-refractivity contribution in [2.24, 2.45) is 0 Å². The van der Waals surface area contributed by atoms with Crippen molar-refractivity contribution in [3.8, 4) is 5.88 Å². The molecule has 0 radical (unpaired) electrons. The van der Waals surface area contributed by atoms with Crippen molar-refractivity contribution in [3.63, 3.8) is 0 Å². The molecule has 2 aromatic rings. The fraction of sp³-hybridized carbons (Fsp3) is 0.143. The van der Waals surface area contributed by atoms with Gasteiger partial charge in [0.25, 0.3) is 5.91 Å². The van der Waals surface area contributed by atoms with Crippen LogP contribution < -0.4 is 10.1 Å². The molecule has 1 aromatic carbocycles. The van der Waals surface area contributed by atoms with Crippen molar-refractivity contribution in [1.82, 2.24) is 4.98 Å². The maximum atomic E-state index is 12.5. The Morgan fingerprint density at radius 2 is 1.86 bits per heavy atom. The Morgan fingerprint density at radius 3 is 2.41 bits per heavy atom. The van der Waals surface area contributed by atoms with Crippen LogP contribution in [0.4, 0.5) is 18.9 Å². The van der Waals surface area contributed by atoms with E-state index in [9.17, 15) is 18.0 Å². The predicted molar refractivity (Wildman–Crippen MR) is 75.2 cm³/mol. The van der Waals surface area contributed by atoms with Gasteiger partial charge < -0.3 is 10.1 Å². The molecule has 0 unspecified atom stereocenters. The third-order valence-corrected chi connectivity index (χ3v) is 2.91. The summed E-state index contributed by atoms with van der Waals surface area (Å²) in [6.07, 6.45) is -4.42. The van der Waals surface area contributed by atoms with Gasteiger partial charge in [0.05, 0.1) is 12.7 Å². The Labute approximate surface area is 128 Å². The summed E-state index contributed by atoms with van der Waals surface area (Å²) in [6.45, 7) is 0. The first-order valence-electron chi connectivity index (χ1n) is 6.00. The smallest absolute Gasteiger partial charge is 0.416 e. The van der Waals surface area contributed by atoms with Crippen LogP contribution in [0.1, 0.15) is 15.9 Å². The lowest BCUT2D eigenvalue weighted by Crippen LogP contribution is -2.13. The molecule has 0 bridgehead atoms. The predicted octanol–water partition coefficient (Wildman–Crippen LogP) is 4.01. The van der Waals surface area contributed by atoms with E-state index in [0.717, 1.165) is 12.1 Å². The first kappa shape index (κ1) is 16.1. The molecule has 0 aliphatic heterocycles. The Bertz CT molecular complexity index is 687. The molecule has 1 N–H and O–H groups in total. The van der Waals surface area contributed by atoms with E-state index in [1.54, 1.807) is 0 Å². The molecule has 0 aliphatic carbocycles. The molecule has 1 aromatic heterocycles. The van der Waals surface area contributed by atoms with E-state index in [4.69, 9.17) is 16.3 Å². The standard InChI is InChI=1S/C14H10ClF3N2O2/c1-22-12-7-8(6-11(15)20-12)13(21)19-10-4-2-9(3-5-10)14(16,17)18/h2-7H,1H3,(H,19,21). The monoisotopic (exact) mass is 330 g/mol. The van der Waals surface area contributed by atoms with E-state index in [0.29, 0.717) is 0 Å². The van der Waals surface area contributed by atoms with E-state index in [-0.39, 0.29) is 22.3 Å². The lowest BCUT2D eigenvalue weighted by molar-refractivity contribution is -0.137. The van der Waals surface area contributed by atoms with E-state index in [1.807, 2.05) is 0 Å². The molecule has 0 saturated carbocycles. The Balaban J connectivity index is 2.17. The minimum atomic E-state index is -4.42. The van der Waals surface area contributed by atoms with Crippen molar-refractivity contribution < 1.29 is 22.7 Å². The maximum absolute atomic E-state index is 12.5. The van der Waals surface area contributed by atoms with Gasteiger partial charge in [0.1, 0.15) is 5.15 Å². The van der Waals surface area contributed by atoms with E-state index >= 15 is 0 Å². The molecule has 2 rings (SSSR count). The van der Waals surface area contributed by atoms with Crippen LogP contribution in [-0.4, -0.2) is 18.0 Å². The van der Waals surface area contributed by atoms with Gasteiger partial charge >= 0.3 is 6.18 Å². The number of carbonyl (C=O) groups excluding carboxylic acids is 1. The number of hydrogen-bond acceptors (Lipinski definition) is 3. The van der Waals surface area contributed by atoms with Crippen molar-refractivity contribution in [2.45, 2.75) is 6.18 Å².